The van der Waals surface area contributed by atoms with E-state index in [0.29, 0.717) is 13.1 Å². The minimum atomic E-state index is 0.00747. The number of nitrogens with zero attached hydrogens (tertiary/aromatic N) is 1. The third-order valence-corrected chi connectivity index (χ3v) is 2.48. The summed E-state index contributed by atoms with van der Waals surface area (Å²) >= 11 is 0. The number of hydrogen-bond donors (Lipinski definition) is 1. The van der Waals surface area contributed by atoms with Gasteiger partial charge in [0.1, 0.15) is 5.75 Å². The van der Waals surface area contributed by atoms with Crippen LogP contribution in [0.25, 0.3) is 0 Å². The van der Waals surface area contributed by atoms with Gasteiger partial charge in [-0.25, -0.2) is 0 Å². The number of likely N-dealkylation sites (N-methyl/N-ethyl adjacent to an activating group) is 1. The molecule has 1 N–H and O–H groups in total. The van der Waals surface area contributed by atoms with Crippen molar-refractivity contribution in [2.75, 3.05) is 27.2 Å². The van der Waals surface area contributed by atoms with Gasteiger partial charge in [-0.2, -0.15) is 0 Å². The number of carbonyl (C=O) groups is 1. The number of carbonyl (C=O) groups excluding carboxylic acids is 1. The number of ether oxygens (including phenoxy) is 1. The van der Waals surface area contributed by atoms with Crippen molar-refractivity contribution in [3.05, 3.63) is 29.8 Å². The molecule has 0 aliphatic carbocycles. The molecule has 0 unspecified atom stereocenters. The molecule has 0 spiro atoms. The van der Waals surface area contributed by atoms with Crippen molar-refractivity contribution in [1.29, 1.82) is 0 Å². The summed E-state index contributed by atoms with van der Waals surface area (Å²) in [6.45, 7) is 1.21. The van der Waals surface area contributed by atoms with Crippen LogP contribution >= 0.6 is 0 Å². The summed E-state index contributed by atoms with van der Waals surface area (Å²) in [4.78, 5) is 13.4. The monoisotopic (exact) mass is 246 g/mol. The van der Waals surface area contributed by atoms with Crippen LogP contribution in [0.5, 0.6) is 5.75 Å². The van der Waals surface area contributed by atoms with Gasteiger partial charge in [0.25, 0.3) is 0 Å². The molecule has 1 amide bonds. The van der Waals surface area contributed by atoms with Gasteiger partial charge in [-0.05, 0) is 17.7 Å². The second-order valence-electron chi connectivity index (χ2n) is 3.91. The maximum absolute atomic E-state index is 11.7. The molecule has 0 aliphatic rings. The molecular weight excluding hydrogens is 228 g/mol. The van der Waals surface area contributed by atoms with Crippen LogP contribution in [-0.4, -0.2) is 38.1 Å². The van der Waals surface area contributed by atoms with E-state index in [1.165, 1.54) is 0 Å². The molecule has 0 bridgehead atoms. The van der Waals surface area contributed by atoms with Gasteiger partial charge in [0.15, 0.2) is 0 Å². The molecule has 0 aromatic heterocycles. The van der Waals surface area contributed by atoms with Gasteiger partial charge in [0.05, 0.1) is 20.2 Å². The Balaban J connectivity index is 2.50. The first kappa shape index (κ1) is 14.1. The molecule has 0 radical (unpaired) electrons. The highest BCUT2D eigenvalue weighted by Crippen LogP contribution is 2.13. The van der Waals surface area contributed by atoms with E-state index in [1.54, 1.807) is 19.1 Å². The van der Waals surface area contributed by atoms with Crippen molar-refractivity contribution in [3.8, 4) is 18.1 Å². The van der Waals surface area contributed by atoms with Crippen LogP contribution in [0, 0.1) is 12.3 Å². The zero-order valence-electron chi connectivity index (χ0n) is 10.8. The molecule has 0 saturated carbocycles. The van der Waals surface area contributed by atoms with E-state index in [1.807, 2.05) is 24.3 Å². The molecule has 4 nitrogen and oxygen atoms in total. The molecule has 96 valence electrons. The molecule has 1 aromatic carbocycles. The molecule has 1 rings (SSSR count). The predicted octanol–water partition coefficient (Wildman–Crippen LogP) is 0.876. The standard InChI is InChI=1S/C14H18N2O2/c1-4-8-15-10-14(17)16(2)11-12-6-5-7-13(9-12)18-3/h1,5-7,9,15H,8,10-11H2,2-3H3. The third-order valence-electron chi connectivity index (χ3n) is 2.48. The summed E-state index contributed by atoms with van der Waals surface area (Å²) in [5.74, 6) is 3.23. The number of terminal acetylenes is 1. The molecule has 0 atom stereocenters. The molecule has 0 heterocycles. The minimum Gasteiger partial charge on any atom is -0.497 e. The van der Waals surface area contributed by atoms with Crippen LogP contribution in [0.15, 0.2) is 24.3 Å². The Hall–Kier alpha value is -1.99. The lowest BCUT2D eigenvalue weighted by atomic mass is 10.2. The van der Waals surface area contributed by atoms with Crippen LogP contribution in [-0.2, 0) is 11.3 Å². The van der Waals surface area contributed by atoms with Gasteiger partial charge in [0.2, 0.25) is 5.91 Å². The largest absolute Gasteiger partial charge is 0.497 e. The van der Waals surface area contributed by atoms with E-state index in [0.717, 1.165) is 11.3 Å². The molecule has 0 saturated heterocycles. The Morgan fingerprint density at radius 1 is 1.56 bits per heavy atom. The van der Waals surface area contributed by atoms with Crippen molar-refractivity contribution in [2.45, 2.75) is 6.54 Å². The molecule has 0 aliphatic heterocycles. The average Bonchev–Trinajstić information content (AvgIpc) is 2.39. The third kappa shape index (κ3) is 4.48. The molecule has 1 aromatic rings. The van der Waals surface area contributed by atoms with Gasteiger partial charge < -0.3 is 9.64 Å². The smallest absolute Gasteiger partial charge is 0.236 e. The Kier molecular flexibility index (Phi) is 5.75. The van der Waals surface area contributed by atoms with E-state index < -0.39 is 0 Å². The lowest BCUT2D eigenvalue weighted by Crippen LogP contribution is -2.35. The van der Waals surface area contributed by atoms with Gasteiger partial charge in [-0.1, -0.05) is 18.1 Å². The van der Waals surface area contributed by atoms with Crippen LogP contribution < -0.4 is 10.1 Å². The first-order valence-corrected chi connectivity index (χ1v) is 5.68. The maximum atomic E-state index is 11.7. The van der Waals surface area contributed by atoms with Gasteiger partial charge in [0, 0.05) is 13.6 Å². The minimum absolute atomic E-state index is 0.00747. The highest BCUT2D eigenvalue weighted by Gasteiger charge is 2.08. The summed E-state index contributed by atoms with van der Waals surface area (Å²) in [6, 6.07) is 7.66. The van der Waals surface area contributed by atoms with Gasteiger partial charge in [-0.3, -0.25) is 10.1 Å². The van der Waals surface area contributed by atoms with Crippen LogP contribution in [0.4, 0.5) is 0 Å². The first-order chi connectivity index (χ1) is 8.67. The summed E-state index contributed by atoms with van der Waals surface area (Å²) < 4.78 is 5.14. The predicted molar refractivity (Wildman–Crippen MR) is 71.2 cm³/mol. The van der Waals surface area contributed by atoms with Crippen molar-refractivity contribution in [1.82, 2.24) is 10.2 Å². The van der Waals surface area contributed by atoms with E-state index in [9.17, 15) is 4.79 Å². The fraction of sp³-hybridized carbons (Fsp3) is 0.357. The van der Waals surface area contributed by atoms with Crippen molar-refractivity contribution < 1.29 is 9.53 Å². The number of rotatable bonds is 6. The zero-order valence-corrected chi connectivity index (χ0v) is 10.8. The quantitative estimate of drug-likeness (QED) is 0.598. The lowest BCUT2D eigenvalue weighted by Gasteiger charge is -2.17. The second-order valence-corrected chi connectivity index (χ2v) is 3.91. The second kappa shape index (κ2) is 7.36. The number of amides is 1. The van der Waals surface area contributed by atoms with Crippen molar-refractivity contribution >= 4 is 5.91 Å². The molecule has 0 fully saturated rings. The summed E-state index contributed by atoms with van der Waals surface area (Å²) in [5, 5.41) is 2.87. The fourth-order valence-electron chi connectivity index (χ4n) is 1.51. The number of hydrogen-bond acceptors (Lipinski definition) is 3. The maximum Gasteiger partial charge on any atom is 0.236 e. The summed E-state index contributed by atoms with van der Waals surface area (Å²) in [6.07, 6.45) is 5.10. The topological polar surface area (TPSA) is 41.6 Å². The highest BCUT2D eigenvalue weighted by molar-refractivity contribution is 5.78. The van der Waals surface area contributed by atoms with E-state index in [-0.39, 0.29) is 12.5 Å². The Bertz CT molecular complexity index is 438. The normalized spacial score (nSPS) is 9.61. The Morgan fingerprint density at radius 3 is 3.00 bits per heavy atom. The molecule has 4 heteroatoms. The van der Waals surface area contributed by atoms with Crippen molar-refractivity contribution in [3.63, 3.8) is 0 Å². The first-order valence-electron chi connectivity index (χ1n) is 5.68. The Labute approximate surface area is 108 Å². The molecular formula is C14H18N2O2. The number of benzene rings is 1. The number of methoxy groups -OCH3 is 1. The lowest BCUT2D eigenvalue weighted by molar-refractivity contribution is -0.129. The van der Waals surface area contributed by atoms with E-state index >= 15 is 0 Å². The Morgan fingerprint density at radius 2 is 2.33 bits per heavy atom. The average molecular weight is 246 g/mol. The van der Waals surface area contributed by atoms with E-state index in [2.05, 4.69) is 11.2 Å². The van der Waals surface area contributed by atoms with E-state index in [4.69, 9.17) is 11.2 Å². The number of nitrogens with one attached hydrogen (secondary N) is 1. The van der Waals surface area contributed by atoms with Crippen LogP contribution in [0.1, 0.15) is 5.56 Å². The van der Waals surface area contributed by atoms with Crippen LogP contribution in [0.3, 0.4) is 0 Å². The highest BCUT2D eigenvalue weighted by atomic mass is 16.5. The van der Waals surface area contributed by atoms with Gasteiger partial charge in [-0.15, -0.1) is 6.42 Å². The molecule has 18 heavy (non-hydrogen) atoms. The zero-order chi connectivity index (χ0) is 13.4. The summed E-state index contributed by atoms with van der Waals surface area (Å²) in [5.41, 5.74) is 1.03. The SMILES string of the molecule is C#CCNCC(=O)N(C)Cc1cccc(OC)c1. The fourth-order valence-corrected chi connectivity index (χ4v) is 1.51. The van der Waals surface area contributed by atoms with Gasteiger partial charge >= 0.3 is 0 Å². The van der Waals surface area contributed by atoms with Crippen molar-refractivity contribution in [2.24, 2.45) is 0 Å². The summed E-state index contributed by atoms with van der Waals surface area (Å²) in [7, 11) is 3.39. The van der Waals surface area contributed by atoms with Crippen LogP contribution in [0.2, 0.25) is 0 Å².